The van der Waals surface area contributed by atoms with E-state index in [4.69, 9.17) is 23.7 Å². The third-order valence-corrected chi connectivity index (χ3v) is 14.4. The Balaban J connectivity index is 0.00000333. The summed E-state index contributed by atoms with van der Waals surface area (Å²) in [6.45, 7) is -0.00919. The van der Waals surface area contributed by atoms with Crippen molar-refractivity contribution in [3.8, 4) is 17.2 Å². The first kappa shape index (κ1) is 49.9. The van der Waals surface area contributed by atoms with Crippen LogP contribution in [0.3, 0.4) is 0 Å². The van der Waals surface area contributed by atoms with Gasteiger partial charge in [-0.2, -0.15) is 0 Å². The average Bonchev–Trinajstić information content (AvgIpc) is 3.74. The number of nitrogens with zero attached hydrogens (tertiary/aromatic N) is 2. The Hall–Kier alpha value is -5.00. The molecule has 21 heteroatoms. The number of carbonyl (C=O) groups is 6. The first-order valence-electron chi connectivity index (χ1n) is 20.9. The Bertz CT molecular complexity index is 2590. The molecule has 2 aliphatic carbocycles. The summed E-state index contributed by atoms with van der Waals surface area (Å²) in [4.78, 5) is 95.6. The van der Waals surface area contributed by atoms with E-state index < -0.39 is 119 Å². The fourth-order valence-electron chi connectivity index (χ4n) is 9.85. The smallest absolute Gasteiger partial charge is 0.870 e. The zero-order valence-electron chi connectivity index (χ0n) is 36.5. The Morgan fingerprint density at radius 2 is 1.73 bits per heavy atom. The van der Waals surface area contributed by atoms with Crippen molar-refractivity contribution in [1.82, 2.24) is 9.80 Å². The molecule has 4 aliphatic heterocycles. The molecule has 5 N–H and O–H groups in total. The van der Waals surface area contributed by atoms with Crippen molar-refractivity contribution >= 4 is 53.2 Å². The van der Waals surface area contributed by atoms with Crippen molar-refractivity contribution < 1.29 is 113 Å². The van der Waals surface area contributed by atoms with Gasteiger partial charge in [0.1, 0.15) is 48.1 Å². The molecular weight excluding hydrogens is 908 g/mol. The molecular formula is C46H44N2NaO17S-. The number of hydrogen-bond acceptors (Lipinski definition) is 18. The molecule has 0 spiro atoms. The topological polar surface area (TPSA) is 283 Å². The van der Waals surface area contributed by atoms with Crippen LogP contribution in [0.15, 0.2) is 59.8 Å². The maximum absolute atomic E-state index is 14.1. The molecule has 4 heterocycles. The van der Waals surface area contributed by atoms with Gasteiger partial charge < -0.3 is 59.3 Å². The van der Waals surface area contributed by atoms with Crippen LogP contribution in [0.25, 0.3) is 0 Å². The first-order chi connectivity index (χ1) is 31.2. The molecule has 0 radical (unpaired) electrons. The second-order valence-corrected chi connectivity index (χ2v) is 17.9. The summed E-state index contributed by atoms with van der Waals surface area (Å²) in [5.74, 6) is -4.99. The zero-order chi connectivity index (χ0) is 46.1. The molecule has 0 bridgehead atoms. The number of benzene rings is 3. The normalized spacial score (nSPS) is 26.9. The molecule has 0 aromatic heterocycles. The van der Waals surface area contributed by atoms with Gasteiger partial charge in [0.15, 0.2) is 17.9 Å². The second-order valence-electron chi connectivity index (χ2n) is 16.8. The number of ether oxygens (including phenoxy) is 5. The molecule has 348 valence electrons. The van der Waals surface area contributed by atoms with Gasteiger partial charge in [-0.15, -0.1) is 17.3 Å². The number of phenols is 2. The maximum atomic E-state index is 14.1. The van der Waals surface area contributed by atoms with E-state index in [1.807, 2.05) is 36.6 Å². The summed E-state index contributed by atoms with van der Waals surface area (Å²) >= 11 is 1.35. The van der Waals surface area contributed by atoms with Gasteiger partial charge >= 0.3 is 35.7 Å². The van der Waals surface area contributed by atoms with Crippen LogP contribution in [0, 0.1) is 5.92 Å². The number of phenolic OH excluding ortho intramolecular Hbond substituents is 2. The summed E-state index contributed by atoms with van der Waals surface area (Å²) < 4.78 is 29.5. The van der Waals surface area contributed by atoms with Crippen LogP contribution in [0.4, 0.5) is 4.79 Å². The Morgan fingerprint density at radius 1 is 1.00 bits per heavy atom. The monoisotopic (exact) mass is 951 g/mol. The molecule has 3 fully saturated rings. The number of aliphatic hydroxyl groups is 2. The number of fused-ring (bicyclic) bond motifs is 5. The number of rotatable bonds is 12. The van der Waals surface area contributed by atoms with Gasteiger partial charge in [0.2, 0.25) is 11.7 Å². The molecule has 3 saturated heterocycles. The van der Waals surface area contributed by atoms with Crippen LogP contribution in [0.1, 0.15) is 80.8 Å². The van der Waals surface area contributed by atoms with Crippen LogP contribution < -0.4 is 34.3 Å². The van der Waals surface area contributed by atoms with E-state index in [0.29, 0.717) is 5.57 Å². The van der Waals surface area contributed by atoms with Crippen LogP contribution in [-0.4, -0.2) is 145 Å². The van der Waals surface area contributed by atoms with Gasteiger partial charge in [-0.1, -0.05) is 48.2 Å². The molecule has 8 unspecified atom stereocenters. The largest absolute Gasteiger partial charge is 1.00 e. The van der Waals surface area contributed by atoms with Crippen molar-refractivity contribution in [3.63, 3.8) is 0 Å². The minimum Gasteiger partial charge on any atom is -0.870 e. The number of β-lactam (4-membered cyclic amide) rings is 1. The van der Waals surface area contributed by atoms with Gasteiger partial charge in [-0.25, -0.2) is 4.79 Å². The molecule has 67 heavy (non-hydrogen) atoms. The molecule has 3 aromatic rings. The fraction of sp³-hybridized carbons (Fsp3) is 0.413. The predicted molar refractivity (Wildman–Crippen MR) is 225 cm³/mol. The predicted octanol–water partition coefficient (Wildman–Crippen LogP) is -0.599. The summed E-state index contributed by atoms with van der Waals surface area (Å²) in [6.07, 6.45) is -4.24. The molecule has 0 saturated carbocycles. The Kier molecular flexibility index (Phi) is 14.6. The molecule has 8 atom stereocenters. The van der Waals surface area contributed by atoms with Crippen molar-refractivity contribution in [2.24, 2.45) is 5.92 Å². The zero-order valence-corrected chi connectivity index (χ0v) is 39.3. The van der Waals surface area contributed by atoms with Crippen LogP contribution in [0.5, 0.6) is 17.2 Å². The third kappa shape index (κ3) is 8.51. The van der Waals surface area contributed by atoms with Gasteiger partial charge in [0, 0.05) is 55.1 Å². The quantitative estimate of drug-likeness (QED) is 0.0597. The molecule has 6 aliphatic rings. The fourth-order valence-corrected chi connectivity index (χ4v) is 11.2. The number of aliphatic hydroxyl groups excluding tert-OH is 1. The molecule has 3 aromatic carbocycles. The third-order valence-electron chi connectivity index (χ3n) is 13.1. The minimum absolute atomic E-state index is 0. The van der Waals surface area contributed by atoms with E-state index in [-0.39, 0.29) is 113 Å². The molecule has 9 rings (SSSR count). The van der Waals surface area contributed by atoms with Crippen molar-refractivity contribution in [2.75, 3.05) is 32.8 Å². The van der Waals surface area contributed by atoms with Crippen molar-refractivity contribution in [1.29, 1.82) is 0 Å². The number of amides is 2. The summed E-state index contributed by atoms with van der Waals surface area (Å²) in [6, 6.07) is 12.7. The maximum Gasteiger partial charge on any atom is 1.00 e. The standard InChI is InChI=1S/C46H43N2O16S.Na.H2O/c1-21-42-28(47(20-62-42)45(58)61-18-23-19-65-44-26(43(57)48(44)29(23)16-49)12-24(51)11-22-7-4-3-5-8-22)13-33(63-21)64-31-15-46(59,32(52)17-50)14-27-35(31)41(56)37-36(39(27)54)38(53)25-9-6-10-30(60-2)34(25)40(37)55;;/h3-10,21,26,28,31,33,42,44,50,54,56,59H,11-15,17-20H2,1-2H3;;1H2/q-1;+1;/p-1. The van der Waals surface area contributed by atoms with E-state index in [1.54, 1.807) is 6.92 Å². The number of aromatic hydroxyl groups is 2. The van der Waals surface area contributed by atoms with Crippen LogP contribution >= 0.6 is 11.8 Å². The first-order valence-corrected chi connectivity index (χ1v) is 21.9. The van der Waals surface area contributed by atoms with Gasteiger partial charge in [-0.05, 0) is 24.3 Å². The van der Waals surface area contributed by atoms with Gasteiger partial charge in [0.25, 0.3) is 0 Å². The summed E-state index contributed by atoms with van der Waals surface area (Å²) in [7, 11) is 1.30. The number of carbonyl (C=O) groups excluding carboxylic acids is 7. The van der Waals surface area contributed by atoms with Crippen molar-refractivity contribution in [2.45, 2.75) is 80.6 Å². The van der Waals surface area contributed by atoms with E-state index >= 15 is 0 Å². The number of allylic oxidation sites excluding steroid dienone is 1. The second kappa shape index (κ2) is 19.5. The van der Waals surface area contributed by atoms with Crippen LogP contribution in [0.2, 0.25) is 0 Å². The summed E-state index contributed by atoms with van der Waals surface area (Å²) in [5, 5.41) is 44.7. The van der Waals surface area contributed by atoms with Crippen molar-refractivity contribution in [3.05, 3.63) is 98.7 Å². The van der Waals surface area contributed by atoms with E-state index in [2.05, 4.69) is 0 Å². The van der Waals surface area contributed by atoms with E-state index in [0.717, 1.165) is 5.56 Å². The Labute approximate surface area is 408 Å². The molecule has 2 amide bonds. The SMILES string of the molecule is COc1cccc2c1C(=O)c1c(O)c3c(c(O)c1C2=O)CC(O)(C(=O)CO)CC3OC1CC2C(OCN2C(=O)OCC2=C([C-]=O)N3C(=O)C(CC(=O)Cc4ccccc4)C3SC2)C(C)O1.[Na+].[OH-]. The number of ketones is 4. The number of Topliss-reactive ketones (excluding diaryl/α,β-unsaturated/α-hetero) is 2. The number of thioether (sulfide) groups is 1. The Morgan fingerprint density at radius 3 is 2.43 bits per heavy atom. The minimum atomic E-state index is -2.37. The van der Waals surface area contributed by atoms with E-state index in [1.165, 1.54) is 46.9 Å². The summed E-state index contributed by atoms with van der Waals surface area (Å²) in [5.41, 5.74) is -2.98. The molecule has 19 nitrogen and oxygen atoms in total. The van der Waals surface area contributed by atoms with Gasteiger partial charge in [0.05, 0.1) is 59.9 Å². The number of hydrogen-bond donors (Lipinski definition) is 4. The number of methoxy groups -OCH3 is 1. The van der Waals surface area contributed by atoms with E-state index in [9.17, 15) is 54.0 Å². The average molecular weight is 952 g/mol. The van der Waals surface area contributed by atoms with Gasteiger partial charge in [-0.3, -0.25) is 28.9 Å². The van der Waals surface area contributed by atoms with Crippen LogP contribution in [-0.2, 0) is 51.0 Å².